The summed E-state index contributed by atoms with van der Waals surface area (Å²) in [6.07, 6.45) is 0.0493. The normalized spacial score (nSPS) is 11.7. The van der Waals surface area contributed by atoms with Crippen molar-refractivity contribution in [3.63, 3.8) is 0 Å². The van der Waals surface area contributed by atoms with Gasteiger partial charge in [-0.25, -0.2) is 0 Å². The van der Waals surface area contributed by atoms with Gasteiger partial charge in [-0.3, -0.25) is 4.79 Å². The van der Waals surface area contributed by atoms with E-state index in [9.17, 15) is 15.3 Å². The summed E-state index contributed by atoms with van der Waals surface area (Å²) >= 11 is 13.4. The number of hydrogen-bond acceptors (Lipinski definition) is 4. The average molecular weight is 349 g/mol. The monoisotopic (exact) mass is 348 g/mol. The van der Waals surface area contributed by atoms with Crippen LogP contribution in [-0.4, -0.2) is 5.78 Å². The molecule has 1 aromatic carbocycles. The molecule has 0 N–H and O–H groups in total. The molecule has 0 unspecified atom stereocenters. The molecule has 0 aliphatic rings. The Kier molecular flexibility index (Phi) is 5.57. The van der Waals surface area contributed by atoms with Crippen molar-refractivity contribution >= 4 is 40.3 Å². The van der Waals surface area contributed by atoms with Gasteiger partial charge in [0.25, 0.3) is 0 Å². The number of rotatable bonds is 5. The predicted molar refractivity (Wildman–Crippen MR) is 87.2 cm³/mol. The number of halogens is 2. The molecule has 3 nitrogen and oxygen atoms in total. The van der Waals surface area contributed by atoms with Gasteiger partial charge in [-0.05, 0) is 29.1 Å². The molecule has 0 saturated heterocycles. The van der Waals surface area contributed by atoms with Crippen LogP contribution in [0.15, 0.2) is 35.7 Å². The van der Waals surface area contributed by atoms with E-state index < -0.39 is 11.8 Å². The highest BCUT2D eigenvalue weighted by Gasteiger charge is 2.28. The van der Waals surface area contributed by atoms with Crippen LogP contribution in [0.25, 0.3) is 0 Å². The Morgan fingerprint density at radius 2 is 1.95 bits per heavy atom. The maximum absolute atomic E-state index is 12.3. The quantitative estimate of drug-likeness (QED) is 0.708. The molecule has 0 saturated carbocycles. The average Bonchev–Trinajstić information content (AvgIpc) is 3.02. The summed E-state index contributed by atoms with van der Waals surface area (Å²) in [6, 6.07) is 12.2. The number of nitriles is 2. The number of ketones is 1. The van der Waals surface area contributed by atoms with Crippen LogP contribution in [0.1, 0.15) is 27.6 Å². The molecule has 0 spiro atoms. The smallest absolute Gasteiger partial charge is 0.173 e. The van der Waals surface area contributed by atoms with Crippen molar-refractivity contribution in [1.29, 1.82) is 10.5 Å². The van der Waals surface area contributed by atoms with Gasteiger partial charge in [0.1, 0.15) is 5.92 Å². The van der Waals surface area contributed by atoms with Crippen LogP contribution in [0.2, 0.25) is 10.0 Å². The van der Waals surface area contributed by atoms with Crippen molar-refractivity contribution in [2.24, 2.45) is 5.92 Å². The third kappa shape index (κ3) is 3.67. The third-order valence-electron chi connectivity index (χ3n) is 3.24. The van der Waals surface area contributed by atoms with E-state index in [4.69, 9.17) is 23.2 Å². The topological polar surface area (TPSA) is 64.7 Å². The van der Waals surface area contributed by atoms with E-state index in [-0.39, 0.29) is 12.2 Å². The summed E-state index contributed by atoms with van der Waals surface area (Å²) in [6.45, 7) is 0. The first kappa shape index (κ1) is 16.5. The molecule has 2 rings (SSSR count). The molecular formula is C16H10Cl2N2OS. The molecule has 0 amide bonds. The van der Waals surface area contributed by atoms with Crippen molar-refractivity contribution in [2.75, 3.05) is 0 Å². The minimum Gasteiger partial charge on any atom is -0.293 e. The first-order valence-corrected chi connectivity index (χ1v) is 8.01. The largest absolute Gasteiger partial charge is 0.293 e. The van der Waals surface area contributed by atoms with Crippen LogP contribution in [0.5, 0.6) is 0 Å². The number of carbonyl (C=O) groups excluding carboxylic acids is 1. The van der Waals surface area contributed by atoms with Crippen LogP contribution in [0.4, 0.5) is 0 Å². The third-order valence-corrected chi connectivity index (χ3v) is 4.72. The molecular weight excluding hydrogens is 339 g/mol. The van der Waals surface area contributed by atoms with Crippen LogP contribution >= 0.6 is 34.5 Å². The molecule has 0 bridgehead atoms. The van der Waals surface area contributed by atoms with Gasteiger partial charge in [-0.2, -0.15) is 10.5 Å². The van der Waals surface area contributed by atoms with Crippen molar-refractivity contribution < 1.29 is 4.79 Å². The second-order valence-corrected chi connectivity index (χ2v) is 6.40. The second kappa shape index (κ2) is 7.42. The Morgan fingerprint density at radius 1 is 1.23 bits per heavy atom. The molecule has 110 valence electrons. The molecule has 6 heteroatoms. The molecule has 22 heavy (non-hydrogen) atoms. The highest BCUT2D eigenvalue weighted by Crippen LogP contribution is 2.35. The lowest BCUT2D eigenvalue weighted by atomic mass is 9.83. The number of carbonyl (C=O) groups is 1. The number of benzene rings is 1. The number of thiophene rings is 1. The van der Waals surface area contributed by atoms with E-state index in [0.717, 1.165) is 0 Å². The maximum atomic E-state index is 12.3. The lowest BCUT2D eigenvalue weighted by Gasteiger charge is -2.18. The summed E-state index contributed by atoms with van der Waals surface area (Å²) in [5, 5.41) is 21.0. The van der Waals surface area contributed by atoms with Gasteiger partial charge in [0.2, 0.25) is 0 Å². The minimum absolute atomic E-state index is 0.0493. The van der Waals surface area contributed by atoms with Crippen molar-refractivity contribution in [2.45, 2.75) is 12.3 Å². The minimum atomic E-state index is -0.956. The van der Waals surface area contributed by atoms with Crippen molar-refractivity contribution in [3.8, 4) is 12.1 Å². The summed E-state index contributed by atoms with van der Waals surface area (Å²) in [7, 11) is 0. The molecule has 1 heterocycles. The van der Waals surface area contributed by atoms with Gasteiger partial charge in [-0.1, -0.05) is 35.3 Å². The van der Waals surface area contributed by atoms with Gasteiger partial charge < -0.3 is 0 Å². The predicted octanol–water partition coefficient (Wildman–Crippen LogP) is 5.07. The Bertz CT molecular complexity index is 745. The van der Waals surface area contributed by atoms with Gasteiger partial charge in [0.05, 0.1) is 17.0 Å². The van der Waals surface area contributed by atoms with Crippen LogP contribution < -0.4 is 0 Å². The fourth-order valence-corrected chi connectivity index (χ4v) is 3.38. The first-order chi connectivity index (χ1) is 10.6. The van der Waals surface area contributed by atoms with E-state index >= 15 is 0 Å². The number of hydrogen-bond donors (Lipinski definition) is 0. The maximum Gasteiger partial charge on any atom is 0.173 e. The fourth-order valence-electron chi connectivity index (χ4n) is 2.16. The summed E-state index contributed by atoms with van der Waals surface area (Å²) in [5.41, 5.74) is 0.587. The zero-order chi connectivity index (χ0) is 16.1. The van der Waals surface area contributed by atoms with Crippen molar-refractivity contribution in [3.05, 3.63) is 56.2 Å². The molecule has 0 fully saturated rings. The summed E-state index contributed by atoms with van der Waals surface area (Å²) in [4.78, 5) is 12.9. The van der Waals surface area contributed by atoms with Crippen LogP contribution in [0, 0.1) is 28.6 Å². The van der Waals surface area contributed by atoms with E-state index in [0.29, 0.717) is 20.5 Å². The zero-order valence-electron chi connectivity index (χ0n) is 11.3. The molecule has 1 atom stereocenters. The van der Waals surface area contributed by atoms with Gasteiger partial charge in [-0.15, -0.1) is 11.3 Å². The highest BCUT2D eigenvalue weighted by molar-refractivity contribution is 7.12. The van der Waals surface area contributed by atoms with Gasteiger partial charge in [0.15, 0.2) is 5.78 Å². The highest BCUT2D eigenvalue weighted by atomic mass is 35.5. The molecule has 0 aliphatic heterocycles. The van der Waals surface area contributed by atoms with Crippen LogP contribution in [0.3, 0.4) is 0 Å². The molecule has 1 aromatic heterocycles. The lowest BCUT2D eigenvalue weighted by Crippen LogP contribution is -2.15. The Morgan fingerprint density at radius 3 is 2.50 bits per heavy atom. The molecule has 2 aromatic rings. The first-order valence-electron chi connectivity index (χ1n) is 6.37. The second-order valence-electron chi connectivity index (χ2n) is 4.61. The summed E-state index contributed by atoms with van der Waals surface area (Å²) in [5.74, 6) is -1.65. The number of Topliss-reactive ketones (excluding diaryl/α,β-unsaturated/α-hetero) is 1. The van der Waals surface area contributed by atoms with Crippen molar-refractivity contribution in [1.82, 2.24) is 0 Å². The molecule has 0 radical (unpaired) electrons. The Labute approximate surface area is 142 Å². The Hall–Kier alpha value is -1.85. The summed E-state index contributed by atoms with van der Waals surface area (Å²) < 4.78 is 0. The van der Waals surface area contributed by atoms with E-state index in [1.54, 1.807) is 30.3 Å². The van der Waals surface area contributed by atoms with Gasteiger partial charge in [0, 0.05) is 22.4 Å². The standard InChI is InChI=1S/C16H10Cl2N2OS/c17-11-3-4-12(14(18)6-11)13(10(8-19)9-20)7-15(21)16-2-1-5-22-16/h1-6,10,13H,7H2/t13-/m1/s1. The molecule has 0 aliphatic carbocycles. The van der Waals surface area contributed by atoms with E-state index in [2.05, 4.69) is 0 Å². The SMILES string of the molecule is N#CC(C#N)[C@@H](CC(=O)c1cccs1)c1ccc(Cl)cc1Cl. The van der Waals surface area contributed by atoms with Crippen LogP contribution in [-0.2, 0) is 0 Å². The lowest BCUT2D eigenvalue weighted by molar-refractivity contribution is 0.0975. The fraction of sp³-hybridized carbons (Fsp3) is 0.188. The van der Waals surface area contributed by atoms with E-state index in [1.807, 2.05) is 17.5 Å². The van der Waals surface area contributed by atoms with Gasteiger partial charge >= 0.3 is 0 Å². The number of nitrogens with zero attached hydrogens (tertiary/aromatic N) is 2. The zero-order valence-corrected chi connectivity index (χ0v) is 13.6. The van der Waals surface area contributed by atoms with E-state index in [1.165, 1.54) is 11.3 Å². The Balaban J connectivity index is 2.37.